The molecule has 4 rings (SSSR count). The average molecular weight is 667 g/mol. The number of carbonyl (C=O) groups excluding carboxylic acids is 1. The third-order valence-corrected chi connectivity index (χ3v) is 7.58. The molecule has 0 spiro atoms. The van der Waals surface area contributed by atoms with Crippen molar-refractivity contribution in [3.63, 3.8) is 0 Å². The number of methoxy groups -OCH3 is 2. The Bertz CT molecular complexity index is 1270. The minimum atomic E-state index is -0.307. The first-order chi connectivity index (χ1) is 16.9. The first kappa shape index (κ1) is 25.7. The monoisotopic (exact) mass is 666 g/mol. The highest BCUT2D eigenvalue weighted by molar-refractivity contribution is 14.1. The van der Waals surface area contributed by atoms with Crippen molar-refractivity contribution < 1.29 is 19.0 Å². The van der Waals surface area contributed by atoms with Crippen molar-refractivity contribution in [3.8, 4) is 17.2 Å². The molecule has 1 saturated heterocycles. The fourth-order valence-corrected chi connectivity index (χ4v) is 5.51. The molecule has 1 fully saturated rings. The van der Waals surface area contributed by atoms with Gasteiger partial charge in [-0.1, -0.05) is 45.9 Å². The predicted octanol–water partition coefficient (Wildman–Crippen LogP) is 6.56. The van der Waals surface area contributed by atoms with Crippen LogP contribution in [-0.4, -0.2) is 25.6 Å². The predicted molar refractivity (Wildman–Crippen MR) is 153 cm³/mol. The highest BCUT2D eigenvalue weighted by Gasteiger charge is 2.28. The zero-order valence-electron chi connectivity index (χ0n) is 19.4. The number of aryl methyl sites for hydroxylation is 1. The number of hydrogen-bond donors (Lipinski definition) is 2. The Morgan fingerprint density at radius 3 is 2.54 bits per heavy atom. The van der Waals surface area contributed by atoms with Gasteiger partial charge < -0.3 is 24.8 Å². The van der Waals surface area contributed by atoms with E-state index >= 15 is 0 Å². The molecule has 9 heteroatoms. The van der Waals surface area contributed by atoms with Crippen LogP contribution in [0.2, 0.25) is 0 Å². The van der Waals surface area contributed by atoms with E-state index in [4.69, 9.17) is 14.2 Å². The van der Waals surface area contributed by atoms with Gasteiger partial charge in [-0.05, 0) is 88.7 Å². The number of nitrogens with one attached hydrogen (secondary N) is 2. The zero-order chi connectivity index (χ0) is 24.9. The molecule has 2 N–H and O–H groups in total. The van der Waals surface area contributed by atoms with Gasteiger partial charge in [0.25, 0.3) is 5.91 Å². The first-order valence-corrected chi connectivity index (χ1v) is 13.5. The maximum atomic E-state index is 12.7. The molecule has 1 aliphatic rings. The van der Waals surface area contributed by atoms with E-state index in [1.807, 2.05) is 67.6 Å². The molecular formula is C26H24BrIN2O4S. The maximum absolute atomic E-state index is 12.7. The van der Waals surface area contributed by atoms with Gasteiger partial charge in [-0.25, -0.2) is 0 Å². The molecule has 0 aliphatic carbocycles. The molecule has 0 radical (unpaired) electrons. The molecule has 1 amide bonds. The Morgan fingerprint density at radius 2 is 1.83 bits per heavy atom. The maximum Gasteiger partial charge on any atom is 0.260 e. The second kappa shape index (κ2) is 11.6. The summed E-state index contributed by atoms with van der Waals surface area (Å²) in [6.07, 6.45) is 1.86. The normalized spacial score (nSPS) is 16.2. The lowest BCUT2D eigenvalue weighted by atomic mass is 10.2. The summed E-state index contributed by atoms with van der Waals surface area (Å²) in [5, 5.41) is 6.31. The van der Waals surface area contributed by atoms with Gasteiger partial charge in [0.05, 0.1) is 28.4 Å². The SMILES string of the molecule is COc1ccc(C)cc1NC1NC(=O)/C(=C/c2cc(I)c(OCc3ccc(Br)cc3)c(OC)c2)S1. The Labute approximate surface area is 231 Å². The summed E-state index contributed by atoms with van der Waals surface area (Å²) in [7, 11) is 3.24. The summed E-state index contributed by atoms with van der Waals surface area (Å²) in [4.78, 5) is 13.3. The van der Waals surface area contributed by atoms with Crippen molar-refractivity contribution in [3.05, 3.63) is 84.2 Å². The summed E-state index contributed by atoms with van der Waals surface area (Å²) in [6, 6.07) is 17.7. The zero-order valence-corrected chi connectivity index (χ0v) is 23.9. The van der Waals surface area contributed by atoms with Crippen LogP contribution in [0.3, 0.4) is 0 Å². The summed E-state index contributed by atoms with van der Waals surface area (Å²) < 4.78 is 19.0. The number of rotatable bonds is 8. The summed E-state index contributed by atoms with van der Waals surface area (Å²) in [6.45, 7) is 2.44. The minimum Gasteiger partial charge on any atom is -0.495 e. The van der Waals surface area contributed by atoms with Crippen LogP contribution in [0.1, 0.15) is 16.7 Å². The fraction of sp³-hybridized carbons (Fsp3) is 0.192. The van der Waals surface area contributed by atoms with Gasteiger partial charge in [0.2, 0.25) is 0 Å². The van der Waals surface area contributed by atoms with Crippen LogP contribution in [0.15, 0.2) is 64.0 Å². The third kappa shape index (κ3) is 6.45. The van der Waals surface area contributed by atoms with Crippen LogP contribution in [0.4, 0.5) is 5.69 Å². The van der Waals surface area contributed by atoms with Crippen LogP contribution in [0, 0.1) is 10.5 Å². The fourth-order valence-electron chi connectivity index (χ4n) is 3.49. The van der Waals surface area contributed by atoms with Crippen LogP contribution >= 0.6 is 50.3 Å². The molecule has 1 aliphatic heterocycles. The Kier molecular flexibility index (Phi) is 8.51. The molecule has 35 heavy (non-hydrogen) atoms. The molecule has 3 aromatic carbocycles. The molecule has 182 valence electrons. The average Bonchev–Trinajstić information content (AvgIpc) is 3.17. The van der Waals surface area contributed by atoms with E-state index in [-0.39, 0.29) is 11.4 Å². The molecule has 0 bridgehead atoms. The van der Waals surface area contributed by atoms with Crippen molar-refractivity contribution in [2.75, 3.05) is 19.5 Å². The van der Waals surface area contributed by atoms with Crippen LogP contribution in [-0.2, 0) is 11.4 Å². The number of carbonyl (C=O) groups is 1. The van der Waals surface area contributed by atoms with Crippen molar-refractivity contribution in [1.29, 1.82) is 0 Å². The molecule has 1 atom stereocenters. The second-order valence-corrected chi connectivity index (χ2v) is 11.0. The first-order valence-electron chi connectivity index (χ1n) is 10.7. The van der Waals surface area contributed by atoms with Crippen molar-refractivity contribution in [2.45, 2.75) is 19.0 Å². The number of hydrogen-bond acceptors (Lipinski definition) is 6. The largest absolute Gasteiger partial charge is 0.495 e. The van der Waals surface area contributed by atoms with Crippen molar-refractivity contribution in [2.24, 2.45) is 0 Å². The highest BCUT2D eigenvalue weighted by atomic mass is 127. The van der Waals surface area contributed by atoms with Gasteiger partial charge in [0, 0.05) is 4.47 Å². The van der Waals surface area contributed by atoms with Gasteiger partial charge >= 0.3 is 0 Å². The van der Waals surface area contributed by atoms with Crippen LogP contribution in [0.25, 0.3) is 6.08 Å². The topological polar surface area (TPSA) is 68.8 Å². The van der Waals surface area contributed by atoms with Crippen LogP contribution < -0.4 is 24.8 Å². The van der Waals surface area contributed by atoms with E-state index in [1.54, 1.807) is 14.2 Å². The van der Waals surface area contributed by atoms with E-state index in [9.17, 15) is 4.79 Å². The smallest absolute Gasteiger partial charge is 0.260 e. The van der Waals surface area contributed by atoms with Gasteiger partial charge in [-0.2, -0.15) is 0 Å². The minimum absolute atomic E-state index is 0.136. The molecule has 1 unspecified atom stereocenters. The summed E-state index contributed by atoms with van der Waals surface area (Å²) in [5.74, 6) is 1.88. The van der Waals surface area contributed by atoms with E-state index in [0.29, 0.717) is 23.0 Å². The lowest BCUT2D eigenvalue weighted by molar-refractivity contribution is -0.116. The Balaban J connectivity index is 1.49. The quantitative estimate of drug-likeness (QED) is 0.210. The molecule has 6 nitrogen and oxygen atoms in total. The highest BCUT2D eigenvalue weighted by Crippen LogP contribution is 2.37. The number of halogens is 2. The van der Waals surface area contributed by atoms with Crippen LogP contribution in [0.5, 0.6) is 17.2 Å². The van der Waals surface area contributed by atoms with E-state index in [0.717, 1.165) is 36.2 Å². The molecular weight excluding hydrogens is 643 g/mol. The Hall–Kier alpha value is -2.37. The lowest BCUT2D eigenvalue weighted by Gasteiger charge is -2.16. The van der Waals surface area contributed by atoms with E-state index < -0.39 is 0 Å². The molecule has 1 heterocycles. The second-order valence-electron chi connectivity index (χ2n) is 7.78. The third-order valence-electron chi connectivity index (χ3n) is 5.22. The number of amides is 1. The molecule has 0 saturated carbocycles. The van der Waals surface area contributed by atoms with Gasteiger partial charge in [0.1, 0.15) is 12.4 Å². The van der Waals surface area contributed by atoms with Gasteiger partial charge in [-0.3, -0.25) is 4.79 Å². The van der Waals surface area contributed by atoms with Gasteiger partial charge in [0.15, 0.2) is 17.0 Å². The van der Waals surface area contributed by atoms with Crippen molar-refractivity contribution in [1.82, 2.24) is 5.32 Å². The number of thioether (sulfide) groups is 1. The van der Waals surface area contributed by atoms with Gasteiger partial charge in [-0.15, -0.1) is 0 Å². The lowest BCUT2D eigenvalue weighted by Crippen LogP contribution is -2.31. The molecule has 0 aromatic heterocycles. The Morgan fingerprint density at radius 1 is 1.09 bits per heavy atom. The number of ether oxygens (including phenoxy) is 3. The van der Waals surface area contributed by atoms with Crippen molar-refractivity contribution >= 4 is 68.0 Å². The standard InChI is InChI=1S/C26H24BrIN2O4S/c1-15-4-9-21(32-2)20(10-15)29-26-30-25(31)23(35-26)13-17-11-19(28)24(22(12-17)33-3)34-14-16-5-7-18(27)8-6-16/h4-13,26,29H,14H2,1-3H3,(H,30,31)/b23-13-. The number of benzene rings is 3. The summed E-state index contributed by atoms with van der Waals surface area (Å²) in [5.41, 5.74) is 3.53. The number of anilines is 1. The van der Waals surface area contributed by atoms with E-state index in [1.165, 1.54) is 11.8 Å². The molecule has 3 aromatic rings. The summed E-state index contributed by atoms with van der Waals surface area (Å²) >= 11 is 7.10. The van der Waals surface area contributed by atoms with E-state index in [2.05, 4.69) is 49.2 Å².